The van der Waals surface area contributed by atoms with Gasteiger partial charge >= 0.3 is 0 Å². The monoisotopic (exact) mass is 153 g/mol. The van der Waals surface area contributed by atoms with Gasteiger partial charge in [0.2, 0.25) is 0 Å². The number of thioether (sulfide) groups is 1. The molecule has 1 nitrogen and oxygen atoms in total. The second-order valence-electron chi connectivity index (χ2n) is 3.40. The fraction of sp³-hybridized carbons (Fsp3) is 0.875. The van der Waals surface area contributed by atoms with Gasteiger partial charge in [0.15, 0.2) is 0 Å². The minimum Gasteiger partial charge on any atom is -0.198 e. The van der Waals surface area contributed by atoms with E-state index >= 15 is 0 Å². The van der Waals surface area contributed by atoms with E-state index in [0.717, 1.165) is 0 Å². The third-order valence-electron chi connectivity index (χ3n) is 2.70. The van der Waals surface area contributed by atoms with E-state index in [2.05, 4.69) is 6.07 Å². The maximum absolute atomic E-state index is 8.66. The average molecular weight is 153 g/mol. The maximum Gasteiger partial charge on any atom is 0.0662 e. The molecule has 1 heterocycles. The van der Waals surface area contributed by atoms with Crippen LogP contribution in [-0.2, 0) is 0 Å². The summed E-state index contributed by atoms with van der Waals surface area (Å²) >= 11 is 2.03. The Balaban J connectivity index is 1.99. The minimum atomic E-state index is 0.417. The van der Waals surface area contributed by atoms with E-state index < -0.39 is 0 Å². The van der Waals surface area contributed by atoms with Gasteiger partial charge in [-0.1, -0.05) is 0 Å². The predicted octanol–water partition coefficient (Wildman–Crippen LogP) is 2.04. The van der Waals surface area contributed by atoms with Crippen molar-refractivity contribution < 1.29 is 0 Å². The Kier molecular flexibility index (Phi) is 1.42. The van der Waals surface area contributed by atoms with E-state index in [-0.39, 0.29) is 0 Å². The summed E-state index contributed by atoms with van der Waals surface area (Å²) in [5.74, 6) is 2.99. The Morgan fingerprint density at radius 2 is 2.50 bits per heavy atom. The molecule has 1 saturated carbocycles. The summed E-state index contributed by atoms with van der Waals surface area (Å²) in [5.41, 5.74) is 0.498. The number of nitrogens with zero attached hydrogens (tertiary/aromatic N) is 1. The molecule has 0 bridgehead atoms. The Labute approximate surface area is 65.8 Å². The molecule has 1 aliphatic heterocycles. The van der Waals surface area contributed by atoms with Crippen molar-refractivity contribution >= 4 is 11.8 Å². The van der Waals surface area contributed by atoms with Crippen LogP contribution in [0.5, 0.6) is 0 Å². The fourth-order valence-corrected chi connectivity index (χ4v) is 3.20. The molecule has 0 radical (unpaired) electrons. The Bertz CT molecular complexity index is 176. The zero-order chi connectivity index (χ0) is 7.03. The number of hydrogen-bond donors (Lipinski definition) is 0. The van der Waals surface area contributed by atoms with Gasteiger partial charge in [0.05, 0.1) is 12.0 Å². The summed E-state index contributed by atoms with van der Waals surface area (Å²) in [4.78, 5) is 0. The van der Waals surface area contributed by atoms with Gasteiger partial charge in [0.1, 0.15) is 0 Å². The summed E-state index contributed by atoms with van der Waals surface area (Å²) in [6, 6.07) is 2.39. The lowest BCUT2D eigenvalue weighted by Crippen LogP contribution is -2.13. The molecule has 0 aromatic rings. The van der Waals surface area contributed by atoms with Crippen molar-refractivity contribution in [3.8, 4) is 6.07 Å². The van der Waals surface area contributed by atoms with Crippen molar-refractivity contribution in [1.29, 1.82) is 5.26 Å². The predicted molar refractivity (Wildman–Crippen MR) is 42.7 cm³/mol. The zero-order valence-electron chi connectivity index (χ0n) is 5.97. The molecule has 54 valence electrons. The molecule has 2 heteroatoms. The summed E-state index contributed by atoms with van der Waals surface area (Å²) < 4.78 is 0. The third-order valence-corrected chi connectivity index (χ3v) is 4.05. The summed E-state index contributed by atoms with van der Waals surface area (Å²) in [5, 5.41) is 8.66. The summed E-state index contributed by atoms with van der Waals surface area (Å²) in [7, 11) is 0. The first-order chi connectivity index (χ1) is 4.87. The third kappa shape index (κ3) is 0.845. The molecule has 2 aliphatic rings. The van der Waals surface area contributed by atoms with Crippen LogP contribution in [0.4, 0.5) is 0 Å². The second kappa shape index (κ2) is 2.17. The molecule has 2 fully saturated rings. The molecular weight excluding hydrogens is 142 g/mol. The first kappa shape index (κ1) is 6.54. The van der Waals surface area contributed by atoms with Gasteiger partial charge in [-0.05, 0) is 30.4 Å². The van der Waals surface area contributed by atoms with Gasteiger partial charge in [-0.3, -0.25) is 0 Å². The van der Waals surface area contributed by atoms with Gasteiger partial charge in [-0.2, -0.15) is 17.0 Å². The van der Waals surface area contributed by atoms with E-state index in [1.54, 1.807) is 0 Å². The maximum atomic E-state index is 8.66. The topological polar surface area (TPSA) is 23.8 Å². The van der Waals surface area contributed by atoms with Gasteiger partial charge in [-0.15, -0.1) is 0 Å². The fourth-order valence-electron chi connectivity index (χ4n) is 1.84. The zero-order valence-corrected chi connectivity index (χ0v) is 6.78. The normalized spacial score (nSPS) is 44.9. The lowest BCUT2D eigenvalue weighted by molar-refractivity contribution is 0.485. The smallest absolute Gasteiger partial charge is 0.0662 e. The van der Waals surface area contributed by atoms with Crippen LogP contribution in [0.3, 0.4) is 0 Å². The van der Waals surface area contributed by atoms with E-state index in [1.165, 1.54) is 30.8 Å². The molecule has 10 heavy (non-hydrogen) atoms. The average Bonchev–Trinajstić information content (AvgIpc) is 2.65. The SMILES string of the molecule is N#CC1CC12CCCSC2. The van der Waals surface area contributed by atoms with Crippen LogP contribution in [0.25, 0.3) is 0 Å². The summed E-state index contributed by atoms with van der Waals surface area (Å²) in [6.45, 7) is 0. The molecule has 0 amide bonds. The Morgan fingerprint density at radius 3 is 3.00 bits per heavy atom. The van der Waals surface area contributed by atoms with Crippen LogP contribution in [0.2, 0.25) is 0 Å². The van der Waals surface area contributed by atoms with Crippen LogP contribution < -0.4 is 0 Å². The number of rotatable bonds is 0. The van der Waals surface area contributed by atoms with Crippen molar-refractivity contribution in [2.75, 3.05) is 11.5 Å². The quantitative estimate of drug-likeness (QED) is 0.531. The van der Waals surface area contributed by atoms with E-state index in [9.17, 15) is 0 Å². The van der Waals surface area contributed by atoms with Gasteiger partial charge < -0.3 is 0 Å². The van der Waals surface area contributed by atoms with Crippen molar-refractivity contribution in [3.05, 3.63) is 0 Å². The molecule has 0 N–H and O–H groups in total. The number of hydrogen-bond acceptors (Lipinski definition) is 2. The van der Waals surface area contributed by atoms with Gasteiger partial charge in [-0.25, -0.2) is 0 Å². The molecule has 2 unspecified atom stereocenters. The highest BCUT2D eigenvalue weighted by molar-refractivity contribution is 7.99. The standard InChI is InChI=1S/C8H11NS/c9-5-7-4-8(7)2-1-3-10-6-8/h7H,1-4,6H2. The van der Waals surface area contributed by atoms with Crippen molar-refractivity contribution in [3.63, 3.8) is 0 Å². The highest BCUT2D eigenvalue weighted by Gasteiger charge is 2.54. The highest BCUT2D eigenvalue weighted by Crippen LogP contribution is 2.59. The van der Waals surface area contributed by atoms with E-state index in [4.69, 9.17) is 5.26 Å². The Hall–Kier alpha value is -0.160. The van der Waals surface area contributed by atoms with Crippen LogP contribution in [0.15, 0.2) is 0 Å². The minimum absolute atomic E-state index is 0.417. The largest absolute Gasteiger partial charge is 0.198 e. The lowest BCUT2D eigenvalue weighted by Gasteiger charge is -2.19. The van der Waals surface area contributed by atoms with Gasteiger partial charge in [0.25, 0.3) is 0 Å². The number of nitriles is 1. The molecule has 1 aliphatic carbocycles. The molecular formula is C8H11NS. The van der Waals surface area contributed by atoms with Crippen LogP contribution in [0.1, 0.15) is 19.3 Å². The molecule has 0 aromatic carbocycles. The molecule has 1 spiro atoms. The van der Waals surface area contributed by atoms with Crippen molar-refractivity contribution in [2.24, 2.45) is 11.3 Å². The van der Waals surface area contributed by atoms with E-state index in [1.807, 2.05) is 11.8 Å². The molecule has 0 aromatic heterocycles. The van der Waals surface area contributed by atoms with E-state index in [0.29, 0.717) is 11.3 Å². The summed E-state index contributed by atoms with van der Waals surface area (Å²) in [6.07, 6.45) is 3.84. The second-order valence-corrected chi connectivity index (χ2v) is 4.51. The Morgan fingerprint density at radius 1 is 1.60 bits per heavy atom. The first-order valence-electron chi connectivity index (χ1n) is 3.85. The molecule has 2 atom stereocenters. The molecule has 1 saturated heterocycles. The first-order valence-corrected chi connectivity index (χ1v) is 5.00. The van der Waals surface area contributed by atoms with Crippen molar-refractivity contribution in [2.45, 2.75) is 19.3 Å². The molecule has 2 rings (SSSR count). The van der Waals surface area contributed by atoms with Crippen LogP contribution in [0, 0.1) is 22.7 Å². The highest BCUT2D eigenvalue weighted by atomic mass is 32.2. The van der Waals surface area contributed by atoms with Crippen LogP contribution >= 0.6 is 11.8 Å². The van der Waals surface area contributed by atoms with Crippen LogP contribution in [-0.4, -0.2) is 11.5 Å². The van der Waals surface area contributed by atoms with Crippen molar-refractivity contribution in [1.82, 2.24) is 0 Å². The van der Waals surface area contributed by atoms with Gasteiger partial charge in [0, 0.05) is 5.75 Å². The lowest BCUT2D eigenvalue weighted by atomic mass is 10.00.